The van der Waals surface area contributed by atoms with Crippen molar-refractivity contribution in [1.82, 2.24) is 9.55 Å². The highest BCUT2D eigenvalue weighted by Crippen LogP contribution is 2.28. The zero-order valence-electron chi connectivity index (χ0n) is 9.03. The summed E-state index contributed by atoms with van der Waals surface area (Å²) < 4.78 is 2.30. The Morgan fingerprint density at radius 2 is 2.21 bits per heavy atom. The van der Waals surface area contributed by atoms with Gasteiger partial charge in [-0.1, -0.05) is 0 Å². The second-order valence-electron chi connectivity index (χ2n) is 4.40. The van der Waals surface area contributed by atoms with E-state index in [9.17, 15) is 0 Å². The molecule has 14 heavy (non-hydrogen) atoms. The van der Waals surface area contributed by atoms with Crippen LogP contribution < -0.4 is 5.73 Å². The lowest BCUT2D eigenvalue weighted by molar-refractivity contribution is 0.316. The van der Waals surface area contributed by atoms with E-state index >= 15 is 0 Å². The van der Waals surface area contributed by atoms with Crippen LogP contribution >= 0.6 is 0 Å². The van der Waals surface area contributed by atoms with Gasteiger partial charge < -0.3 is 10.3 Å². The Morgan fingerprint density at radius 1 is 1.43 bits per heavy atom. The molecule has 1 heterocycles. The first-order valence-corrected chi connectivity index (χ1v) is 5.44. The molecule has 2 atom stereocenters. The second-order valence-corrected chi connectivity index (χ2v) is 4.40. The van der Waals surface area contributed by atoms with Crippen molar-refractivity contribution in [2.75, 3.05) is 0 Å². The minimum absolute atomic E-state index is 0.385. The SMILES string of the molecule is Cc1ncn(C2CCCC(N)C2)c1C. The number of imidazole rings is 1. The molecular formula is C11H19N3. The van der Waals surface area contributed by atoms with Crippen molar-refractivity contribution in [3.63, 3.8) is 0 Å². The number of rotatable bonds is 1. The van der Waals surface area contributed by atoms with Crippen LogP contribution in [0.1, 0.15) is 43.1 Å². The van der Waals surface area contributed by atoms with E-state index in [4.69, 9.17) is 5.73 Å². The first-order chi connectivity index (χ1) is 6.68. The van der Waals surface area contributed by atoms with E-state index in [1.165, 1.54) is 25.0 Å². The summed E-state index contributed by atoms with van der Waals surface area (Å²) in [5.41, 5.74) is 8.42. The highest BCUT2D eigenvalue weighted by Gasteiger charge is 2.21. The summed E-state index contributed by atoms with van der Waals surface area (Å²) in [7, 11) is 0. The molecule has 1 aliphatic carbocycles. The van der Waals surface area contributed by atoms with E-state index in [1.807, 2.05) is 6.33 Å². The third kappa shape index (κ3) is 1.69. The molecule has 0 saturated heterocycles. The largest absolute Gasteiger partial charge is 0.332 e. The fourth-order valence-electron chi connectivity index (χ4n) is 2.34. The Hall–Kier alpha value is -0.830. The van der Waals surface area contributed by atoms with Crippen LogP contribution in [0.3, 0.4) is 0 Å². The molecule has 0 amide bonds. The molecule has 1 fully saturated rings. The van der Waals surface area contributed by atoms with Gasteiger partial charge in [-0.15, -0.1) is 0 Å². The van der Waals surface area contributed by atoms with E-state index in [-0.39, 0.29) is 0 Å². The first kappa shape index (κ1) is 9.71. The number of nitrogens with two attached hydrogens (primary N) is 1. The van der Waals surface area contributed by atoms with Crippen molar-refractivity contribution in [3.8, 4) is 0 Å². The van der Waals surface area contributed by atoms with Crippen molar-refractivity contribution in [2.45, 2.75) is 51.6 Å². The Morgan fingerprint density at radius 3 is 2.79 bits per heavy atom. The molecule has 78 valence electrons. The fraction of sp³-hybridized carbons (Fsp3) is 0.727. The number of aryl methyl sites for hydroxylation is 1. The van der Waals surface area contributed by atoms with Crippen LogP contribution in [-0.4, -0.2) is 15.6 Å². The zero-order chi connectivity index (χ0) is 10.1. The van der Waals surface area contributed by atoms with Gasteiger partial charge in [0.05, 0.1) is 12.0 Å². The summed E-state index contributed by atoms with van der Waals surface area (Å²) in [5, 5.41) is 0. The smallest absolute Gasteiger partial charge is 0.0954 e. The van der Waals surface area contributed by atoms with E-state index in [1.54, 1.807) is 0 Å². The number of aromatic nitrogens is 2. The summed E-state index contributed by atoms with van der Waals surface area (Å²) in [6.45, 7) is 4.21. The van der Waals surface area contributed by atoms with Gasteiger partial charge in [-0.3, -0.25) is 0 Å². The molecular weight excluding hydrogens is 174 g/mol. The molecule has 0 radical (unpaired) electrons. The molecule has 1 aromatic rings. The normalized spacial score (nSPS) is 27.9. The lowest BCUT2D eigenvalue weighted by Gasteiger charge is -2.28. The molecule has 1 aromatic heterocycles. The minimum atomic E-state index is 0.385. The summed E-state index contributed by atoms with van der Waals surface area (Å²) in [4.78, 5) is 4.34. The lowest BCUT2D eigenvalue weighted by Crippen LogP contribution is -2.29. The monoisotopic (exact) mass is 193 g/mol. The van der Waals surface area contributed by atoms with Crippen LogP contribution in [0.5, 0.6) is 0 Å². The number of nitrogens with zero attached hydrogens (tertiary/aromatic N) is 2. The predicted octanol–water partition coefficient (Wildman–Crippen LogP) is 1.94. The molecule has 1 aliphatic rings. The van der Waals surface area contributed by atoms with Crippen molar-refractivity contribution in [1.29, 1.82) is 0 Å². The highest BCUT2D eigenvalue weighted by atomic mass is 15.1. The molecule has 0 spiro atoms. The topological polar surface area (TPSA) is 43.8 Å². The van der Waals surface area contributed by atoms with E-state index in [0.717, 1.165) is 12.1 Å². The lowest BCUT2D eigenvalue weighted by atomic mass is 9.91. The molecule has 2 unspecified atom stereocenters. The van der Waals surface area contributed by atoms with Crippen molar-refractivity contribution >= 4 is 0 Å². The molecule has 2 N–H and O–H groups in total. The van der Waals surface area contributed by atoms with Crippen LogP contribution in [0.2, 0.25) is 0 Å². The Bertz CT molecular complexity index is 316. The van der Waals surface area contributed by atoms with E-state index in [0.29, 0.717) is 12.1 Å². The van der Waals surface area contributed by atoms with Crippen LogP contribution in [0.4, 0.5) is 0 Å². The highest BCUT2D eigenvalue weighted by molar-refractivity contribution is 5.10. The average molecular weight is 193 g/mol. The van der Waals surface area contributed by atoms with Gasteiger partial charge in [0.15, 0.2) is 0 Å². The van der Waals surface area contributed by atoms with Gasteiger partial charge in [0.2, 0.25) is 0 Å². The first-order valence-electron chi connectivity index (χ1n) is 5.44. The van der Waals surface area contributed by atoms with Crippen LogP contribution in [-0.2, 0) is 0 Å². The molecule has 0 aliphatic heterocycles. The maximum absolute atomic E-state index is 5.99. The van der Waals surface area contributed by atoms with Gasteiger partial charge in [0.1, 0.15) is 0 Å². The molecule has 3 heteroatoms. The van der Waals surface area contributed by atoms with Gasteiger partial charge in [0.25, 0.3) is 0 Å². The molecule has 1 saturated carbocycles. The van der Waals surface area contributed by atoms with Crippen molar-refractivity contribution < 1.29 is 0 Å². The second kappa shape index (κ2) is 3.73. The standard InChI is InChI=1S/C11H19N3/c1-8-9(2)14(7-13-8)11-5-3-4-10(12)6-11/h7,10-11H,3-6,12H2,1-2H3. The number of hydrogen-bond donors (Lipinski definition) is 1. The zero-order valence-corrected chi connectivity index (χ0v) is 9.03. The van der Waals surface area contributed by atoms with Gasteiger partial charge in [0, 0.05) is 17.8 Å². The third-order valence-electron chi connectivity index (χ3n) is 3.37. The van der Waals surface area contributed by atoms with Gasteiger partial charge in [-0.25, -0.2) is 4.98 Å². The summed E-state index contributed by atoms with van der Waals surface area (Å²) in [5.74, 6) is 0. The maximum Gasteiger partial charge on any atom is 0.0954 e. The van der Waals surface area contributed by atoms with Gasteiger partial charge >= 0.3 is 0 Å². The van der Waals surface area contributed by atoms with Crippen LogP contribution in [0.25, 0.3) is 0 Å². The number of hydrogen-bond acceptors (Lipinski definition) is 2. The van der Waals surface area contributed by atoms with E-state index < -0.39 is 0 Å². The maximum atomic E-state index is 5.99. The summed E-state index contributed by atoms with van der Waals surface area (Å²) in [6.07, 6.45) is 6.76. The Labute approximate surface area is 85.3 Å². The minimum Gasteiger partial charge on any atom is -0.332 e. The Balaban J connectivity index is 2.18. The fourth-order valence-corrected chi connectivity index (χ4v) is 2.34. The quantitative estimate of drug-likeness (QED) is 0.740. The van der Waals surface area contributed by atoms with Gasteiger partial charge in [-0.2, -0.15) is 0 Å². The van der Waals surface area contributed by atoms with Crippen LogP contribution in [0, 0.1) is 13.8 Å². The molecule has 2 rings (SSSR count). The van der Waals surface area contributed by atoms with E-state index in [2.05, 4.69) is 23.4 Å². The van der Waals surface area contributed by atoms with Crippen molar-refractivity contribution in [3.05, 3.63) is 17.7 Å². The van der Waals surface area contributed by atoms with Gasteiger partial charge in [-0.05, 0) is 39.5 Å². The molecule has 0 aromatic carbocycles. The third-order valence-corrected chi connectivity index (χ3v) is 3.37. The summed E-state index contributed by atoms with van der Waals surface area (Å²) >= 11 is 0. The Kier molecular flexibility index (Phi) is 2.59. The van der Waals surface area contributed by atoms with Crippen LogP contribution in [0.15, 0.2) is 6.33 Å². The summed E-state index contributed by atoms with van der Waals surface area (Å²) in [6, 6.07) is 0.968. The predicted molar refractivity (Wildman–Crippen MR) is 57.2 cm³/mol. The van der Waals surface area contributed by atoms with Crippen molar-refractivity contribution in [2.24, 2.45) is 5.73 Å². The molecule has 0 bridgehead atoms. The average Bonchev–Trinajstić information content (AvgIpc) is 2.48. The molecule has 3 nitrogen and oxygen atoms in total.